The fourth-order valence-corrected chi connectivity index (χ4v) is 4.24. The number of likely N-dealkylation sites (N-methyl/N-ethyl adjacent to an activating group) is 1. The van der Waals surface area contributed by atoms with Crippen LogP contribution >= 0.6 is 0 Å². The number of anilines is 3. The molecule has 9 heteroatoms. The quantitative estimate of drug-likeness (QED) is 0.109. The molecule has 1 saturated carbocycles. The average Bonchev–Trinajstić information content (AvgIpc) is 3.81. The van der Waals surface area contributed by atoms with Crippen LogP contribution in [0, 0.1) is 0 Å². The highest BCUT2D eigenvalue weighted by Crippen LogP contribution is 2.28. The molecule has 3 aromatic carbocycles. The van der Waals surface area contributed by atoms with Crippen LogP contribution in [0.2, 0.25) is 0 Å². The predicted molar refractivity (Wildman–Crippen MR) is 170 cm³/mol. The number of para-hydroxylation sites is 1. The highest BCUT2D eigenvalue weighted by Gasteiger charge is 2.24. The maximum atomic E-state index is 12.5. The molecule has 3 aromatic rings. The number of benzene rings is 3. The number of carbonyl (C=O) groups excluding carboxylic acids is 2. The molecular formula is C33H36N6O3. The van der Waals surface area contributed by atoms with Crippen LogP contribution in [0.3, 0.4) is 0 Å². The zero-order valence-electron chi connectivity index (χ0n) is 23.9. The van der Waals surface area contributed by atoms with E-state index in [0.29, 0.717) is 47.5 Å². The zero-order valence-corrected chi connectivity index (χ0v) is 23.9. The van der Waals surface area contributed by atoms with Crippen LogP contribution < -0.4 is 30.9 Å². The normalized spacial score (nSPS) is 13.7. The summed E-state index contributed by atoms with van der Waals surface area (Å²) in [6.07, 6.45) is 7.66. The van der Waals surface area contributed by atoms with Crippen molar-refractivity contribution in [2.45, 2.75) is 25.8 Å². The summed E-state index contributed by atoms with van der Waals surface area (Å²) >= 11 is 0. The highest BCUT2D eigenvalue weighted by molar-refractivity contribution is 6.20. The fourth-order valence-electron chi connectivity index (χ4n) is 4.24. The molecule has 4 rings (SSSR count). The Morgan fingerprint density at radius 1 is 1.05 bits per heavy atom. The van der Waals surface area contributed by atoms with Crippen LogP contribution in [-0.4, -0.2) is 37.8 Å². The van der Waals surface area contributed by atoms with Crippen LogP contribution in [0.25, 0.3) is 0 Å². The number of aliphatic imine (C=N–C) groups is 1. The Balaban J connectivity index is 1.53. The number of hydrogen-bond donors (Lipinski definition) is 3. The number of nitrogens with two attached hydrogens (primary N) is 1. The molecule has 0 unspecified atom stereocenters. The van der Waals surface area contributed by atoms with Gasteiger partial charge in [-0.25, -0.2) is 4.99 Å². The van der Waals surface area contributed by atoms with Gasteiger partial charge in [-0.3, -0.25) is 14.5 Å². The first-order valence-electron chi connectivity index (χ1n) is 13.7. The van der Waals surface area contributed by atoms with E-state index in [9.17, 15) is 9.59 Å². The lowest BCUT2D eigenvalue weighted by molar-refractivity contribution is -0.112. The molecule has 0 spiro atoms. The van der Waals surface area contributed by atoms with E-state index in [0.717, 1.165) is 11.4 Å². The molecule has 1 aliphatic rings. The number of ether oxygens (including phenoxy) is 1. The molecule has 0 bridgehead atoms. The molecule has 4 N–H and O–H groups in total. The van der Waals surface area contributed by atoms with Gasteiger partial charge >= 0.3 is 0 Å². The lowest BCUT2D eigenvalue weighted by atomic mass is 10.2. The Bertz CT molecular complexity index is 1470. The van der Waals surface area contributed by atoms with Crippen molar-refractivity contribution in [3.05, 3.63) is 115 Å². The van der Waals surface area contributed by atoms with Crippen molar-refractivity contribution in [1.29, 1.82) is 0 Å². The second-order valence-corrected chi connectivity index (χ2v) is 9.73. The number of allylic oxidation sites excluding steroid dienone is 1. The smallest absolute Gasteiger partial charge is 0.248 e. The van der Waals surface area contributed by atoms with E-state index in [-0.39, 0.29) is 11.7 Å². The highest BCUT2D eigenvalue weighted by atomic mass is 16.5. The van der Waals surface area contributed by atoms with E-state index in [1.807, 2.05) is 66.5 Å². The minimum Gasteiger partial charge on any atom is -0.457 e. The van der Waals surface area contributed by atoms with Crippen LogP contribution in [0.5, 0.6) is 11.5 Å². The van der Waals surface area contributed by atoms with E-state index in [4.69, 9.17) is 10.5 Å². The molecule has 0 aliphatic heterocycles. The Hall–Kier alpha value is -5.15. The molecule has 1 aliphatic carbocycles. The van der Waals surface area contributed by atoms with Gasteiger partial charge in [-0.1, -0.05) is 36.9 Å². The third-order valence-corrected chi connectivity index (χ3v) is 6.43. The Kier molecular flexibility index (Phi) is 10.3. The van der Waals surface area contributed by atoms with Gasteiger partial charge in [0.05, 0.1) is 5.69 Å². The Morgan fingerprint density at radius 2 is 1.76 bits per heavy atom. The summed E-state index contributed by atoms with van der Waals surface area (Å²) in [5.74, 6) is 1.41. The third kappa shape index (κ3) is 8.18. The van der Waals surface area contributed by atoms with Crippen molar-refractivity contribution in [3.8, 4) is 11.5 Å². The minimum absolute atomic E-state index is 0.264. The van der Waals surface area contributed by atoms with Crippen molar-refractivity contribution in [2.24, 2.45) is 10.7 Å². The largest absolute Gasteiger partial charge is 0.457 e. The number of carbonyl (C=O) groups is 2. The molecule has 1 fully saturated rings. The summed E-state index contributed by atoms with van der Waals surface area (Å²) in [6, 6.07) is 24.5. The van der Waals surface area contributed by atoms with Gasteiger partial charge in [0.15, 0.2) is 5.84 Å². The maximum Gasteiger partial charge on any atom is 0.248 e. The van der Waals surface area contributed by atoms with Gasteiger partial charge in [0, 0.05) is 49.0 Å². The number of rotatable bonds is 13. The first-order valence-corrected chi connectivity index (χ1v) is 13.7. The molecular weight excluding hydrogens is 528 g/mol. The fraction of sp³-hybridized carbons (Fsp3) is 0.182. The van der Waals surface area contributed by atoms with Gasteiger partial charge in [-0.05, 0) is 74.4 Å². The van der Waals surface area contributed by atoms with E-state index in [2.05, 4.69) is 22.2 Å². The Labute approximate surface area is 246 Å². The number of amidine groups is 1. The topological polar surface area (TPSA) is 112 Å². The summed E-state index contributed by atoms with van der Waals surface area (Å²) in [5, 5.41) is 6.17. The van der Waals surface area contributed by atoms with Crippen LogP contribution in [0.15, 0.2) is 120 Å². The lowest BCUT2D eigenvalue weighted by Gasteiger charge is -2.29. The van der Waals surface area contributed by atoms with E-state index in [1.165, 1.54) is 30.0 Å². The van der Waals surface area contributed by atoms with Crippen molar-refractivity contribution in [1.82, 2.24) is 5.32 Å². The second kappa shape index (κ2) is 14.5. The van der Waals surface area contributed by atoms with Crippen LogP contribution in [0.1, 0.15) is 19.8 Å². The SMILES string of the molecule is C=CN=C(/C(=C(\C)N)N(C)c1ccc(Oc2ccccc2)cc1)N(C=O)c1cccc(NC(=O)/C=C/CNC2CC2)c1. The zero-order chi connectivity index (χ0) is 29.9. The molecule has 0 atom stereocenters. The van der Waals surface area contributed by atoms with Gasteiger partial charge in [0.2, 0.25) is 12.3 Å². The van der Waals surface area contributed by atoms with Crippen molar-refractivity contribution in [2.75, 3.05) is 28.7 Å². The van der Waals surface area contributed by atoms with E-state index >= 15 is 0 Å². The van der Waals surface area contributed by atoms with Gasteiger partial charge in [0.1, 0.15) is 17.2 Å². The van der Waals surface area contributed by atoms with Gasteiger partial charge < -0.3 is 26.0 Å². The first-order chi connectivity index (χ1) is 20.4. The van der Waals surface area contributed by atoms with E-state index in [1.54, 1.807) is 37.3 Å². The predicted octanol–water partition coefficient (Wildman–Crippen LogP) is 5.56. The summed E-state index contributed by atoms with van der Waals surface area (Å²) in [7, 11) is 1.83. The summed E-state index contributed by atoms with van der Waals surface area (Å²) in [6.45, 7) is 6.12. The van der Waals surface area contributed by atoms with Crippen LogP contribution in [0.4, 0.5) is 17.1 Å². The lowest BCUT2D eigenvalue weighted by Crippen LogP contribution is -2.38. The first kappa shape index (κ1) is 29.8. The molecule has 0 saturated heterocycles. The molecule has 2 amide bonds. The van der Waals surface area contributed by atoms with Gasteiger partial charge in [-0.2, -0.15) is 0 Å². The van der Waals surface area contributed by atoms with Crippen molar-refractivity contribution < 1.29 is 14.3 Å². The maximum absolute atomic E-state index is 12.5. The Morgan fingerprint density at radius 3 is 2.40 bits per heavy atom. The molecule has 216 valence electrons. The summed E-state index contributed by atoms with van der Waals surface area (Å²) in [5.41, 5.74) is 9.11. The summed E-state index contributed by atoms with van der Waals surface area (Å²) < 4.78 is 5.91. The molecule has 0 heterocycles. The molecule has 0 radical (unpaired) electrons. The van der Waals surface area contributed by atoms with Crippen molar-refractivity contribution in [3.63, 3.8) is 0 Å². The minimum atomic E-state index is -0.264. The number of nitrogens with zero attached hydrogens (tertiary/aromatic N) is 3. The molecule has 0 aromatic heterocycles. The number of amides is 2. The monoisotopic (exact) mass is 564 g/mol. The van der Waals surface area contributed by atoms with Gasteiger partial charge in [0.25, 0.3) is 0 Å². The standard InChI is InChI=1S/C33H36N6O3/c1-4-35-33(32(24(2)34)38(3)27-17-19-30(20-18-27)42-29-12-6-5-7-13-29)39(23-40)28-11-8-10-26(22-28)37-31(41)14-9-21-36-25-15-16-25/h4-14,17-20,22-23,25,36H,1,15-16,21,34H2,2-3H3,(H,37,41)/b14-9+,32-24-,35-33?. The number of nitrogens with one attached hydrogen (secondary N) is 2. The average molecular weight is 565 g/mol. The van der Waals surface area contributed by atoms with Gasteiger partial charge in [-0.15, -0.1) is 0 Å². The van der Waals surface area contributed by atoms with Crippen LogP contribution in [-0.2, 0) is 9.59 Å². The second-order valence-electron chi connectivity index (χ2n) is 9.73. The summed E-state index contributed by atoms with van der Waals surface area (Å²) in [4.78, 5) is 32.6. The van der Waals surface area contributed by atoms with E-state index < -0.39 is 0 Å². The number of hydrogen-bond acceptors (Lipinski definition) is 7. The molecule has 42 heavy (non-hydrogen) atoms. The van der Waals surface area contributed by atoms with Crippen molar-refractivity contribution >= 4 is 35.2 Å². The molecule has 9 nitrogen and oxygen atoms in total. The third-order valence-electron chi connectivity index (χ3n) is 6.43.